The summed E-state index contributed by atoms with van der Waals surface area (Å²) in [5, 5.41) is 12.6. The molecule has 1 saturated heterocycles. The van der Waals surface area contributed by atoms with E-state index in [4.69, 9.17) is 5.21 Å². The van der Waals surface area contributed by atoms with Crippen LogP contribution in [0.3, 0.4) is 0 Å². The van der Waals surface area contributed by atoms with Crippen molar-refractivity contribution in [2.45, 2.75) is 50.6 Å². The van der Waals surface area contributed by atoms with E-state index in [1.807, 2.05) is 0 Å². The smallest absolute Gasteiger partial charge is 0.0362 e. The summed E-state index contributed by atoms with van der Waals surface area (Å²) in [6.45, 7) is 1.17. The summed E-state index contributed by atoms with van der Waals surface area (Å²) in [4.78, 5) is 0. The Balaban J connectivity index is 1.93. The Kier molecular flexibility index (Phi) is 3.19. The molecular formula is C10H20N2O. The fraction of sp³-hybridized carbons (Fsp3) is 1.00. The second kappa shape index (κ2) is 4.40. The first-order chi connectivity index (χ1) is 6.42. The van der Waals surface area contributed by atoms with E-state index >= 15 is 0 Å². The predicted octanol–water partition coefficient (Wildman–Crippen LogP) is 1.28. The molecule has 2 fully saturated rings. The summed E-state index contributed by atoms with van der Waals surface area (Å²) in [5.74, 6) is 0.654. The van der Waals surface area contributed by atoms with E-state index in [0.29, 0.717) is 18.0 Å². The second-order valence-electron chi connectivity index (χ2n) is 4.39. The molecule has 1 aliphatic carbocycles. The Labute approximate surface area is 79.9 Å². The van der Waals surface area contributed by atoms with Crippen molar-refractivity contribution in [3.8, 4) is 0 Å². The van der Waals surface area contributed by atoms with E-state index in [9.17, 15) is 0 Å². The molecule has 3 unspecified atom stereocenters. The number of hydrogen-bond acceptors (Lipinski definition) is 3. The first-order valence-electron chi connectivity index (χ1n) is 5.55. The van der Waals surface area contributed by atoms with Crippen LogP contribution in [-0.2, 0) is 0 Å². The summed E-state index contributed by atoms with van der Waals surface area (Å²) in [6, 6.07) is 0.995. The minimum absolute atomic E-state index is 0.337. The third kappa shape index (κ3) is 2.03. The van der Waals surface area contributed by atoms with E-state index in [0.717, 1.165) is 6.42 Å². The molecule has 1 aliphatic heterocycles. The van der Waals surface area contributed by atoms with Gasteiger partial charge in [-0.1, -0.05) is 12.8 Å². The zero-order chi connectivity index (χ0) is 9.10. The lowest BCUT2D eigenvalue weighted by Crippen LogP contribution is -2.45. The summed E-state index contributed by atoms with van der Waals surface area (Å²) >= 11 is 0. The molecule has 13 heavy (non-hydrogen) atoms. The van der Waals surface area contributed by atoms with Gasteiger partial charge in [0.05, 0.1) is 0 Å². The van der Waals surface area contributed by atoms with Crippen LogP contribution in [0.15, 0.2) is 0 Å². The van der Waals surface area contributed by atoms with Crippen molar-refractivity contribution in [3.63, 3.8) is 0 Å². The van der Waals surface area contributed by atoms with Gasteiger partial charge in [-0.2, -0.15) is 0 Å². The minimum atomic E-state index is 0.337. The van der Waals surface area contributed by atoms with Crippen LogP contribution in [0.4, 0.5) is 0 Å². The molecule has 0 bridgehead atoms. The van der Waals surface area contributed by atoms with Crippen LogP contribution in [0.1, 0.15) is 38.5 Å². The molecule has 2 aliphatic rings. The van der Waals surface area contributed by atoms with Crippen molar-refractivity contribution in [2.24, 2.45) is 5.92 Å². The van der Waals surface area contributed by atoms with E-state index in [-0.39, 0.29) is 0 Å². The van der Waals surface area contributed by atoms with Crippen molar-refractivity contribution in [3.05, 3.63) is 0 Å². The normalized spacial score (nSPS) is 40.8. The summed E-state index contributed by atoms with van der Waals surface area (Å²) in [6.07, 6.45) is 7.61. The molecule has 3 atom stereocenters. The second-order valence-corrected chi connectivity index (χ2v) is 4.39. The van der Waals surface area contributed by atoms with Gasteiger partial charge in [-0.3, -0.25) is 0 Å². The van der Waals surface area contributed by atoms with Crippen molar-refractivity contribution in [1.82, 2.24) is 10.8 Å². The maximum absolute atomic E-state index is 9.04. The van der Waals surface area contributed by atoms with Crippen LogP contribution in [0.5, 0.6) is 0 Å². The van der Waals surface area contributed by atoms with Gasteiger partial charge >= 0.3 is 0 Å². The first kappa shape index (κ1) is 9.44. The number of hydroxylamine groups is 1. The van der Waals surface area contributed by atoms with Crippen molar-refractivity contribution < 1.29 is 5.21 Å². The molecular weight excluding hydrogens is 164 g/mol. The van der Waals surface area contributed by atoms with Gasteiger partial charge in [0.2, 0.25) is 0 Å². The molecule has 0 aromatic rings. The number of nitrogens with one attached hydrogen (secondary N) is 2. The standard InChI is InChI=1S/C10H20N2O/c13-12-10-5-2-1-4-8(10)9-6-3-7-11-9/h8-13H,1-7H2. The highest BCUT2D eigenvalue weighted by Gasteiger charge is 2.32. The van der Waals surface area contributed by atoms with Gasteiger partial charge in [0.1, 0.15) is 0 Å². The van der Waals surface area contributed by atoms with Crippen LogP contribution in [0.2, 0.25) is 0 Å². The van der Waals surface area contributed by atoms with Crippen LogP contribution in [-0.4, -0.2) is 23.8 Å². The van der Waals surface area contributed by atoms with Crippen LogP contribution in [0.25, 0.3) is 0 Å². The monoisotopic (exact) mass is 184 g/mol. The molecule has 2 rings (SSSR count). The molecule has 0 amide bonds. The quantitative estimate of drug-likeness (QED) is 0.566. The lowest BCUT2D eigenvalue weighted by Gasteiger charge is -2.34. The van der Waals surface area contributed by atoms with E-state index in [1.54, 1.807) is 0 Å². The van der Waals surface area contributed by atoms with Gasteiger partial charge in [-0.25, -0.2) is 5.48 Å². The fourth-order valence-electron chi connectivity index (χ4n) is 2.88. The average molecular weight is 184 g/mol. The van der Waals surface area contributed by atoms with Gasteiger partial charge in [0.15, 0.2) is 0 Å². The molecule has 1 heterocycles. The van der Waals surface area contributed by atoms with Gasteiger partial charge in [0, 0.05) is 12.1 Å². The molecule has 1 saturated carbocycles. The number of rotatable bonds is 2. The fourth-order valence-corrected chi connectivity index (χ4v) is 2.88. The van der Waals surface area contributed by atoms with E-state index in [1.165, 1.54) is 38.6 Å². The average Bonchev–Trinajstić information content (AvgIpc) is 2.70. The summed E-state index contributed by atoms with van der Waals surface area (Å²) in [5.41, 5.74) is 2.49. The molecule has 76 valence electrons. The zero-order valence-corrected chi connectivity index (χ0v) is 8.13. The Hall–Kier alpha value is -0.120. The Morgan fingerprint density at radius 2 is 1.92 bits per heavy atom. The molecule has 0 radical (unpaired) electrons. The van der Waals surface area contributed by atoms with Gasteiger partial charge < -0.3 is 10.5 Å². The summed E-state index contributed by atoms with van der Waals surface area (Å²) < 4.78 is 0. The van der Waals surface area contributed by atoms with E-state index < -0.39 is 0 Å². The van der Waals surface area contributed by atoms with Gasteiger partial charge in [-0.05, 0) is 38.1 Å². The maximum Gasteiger partial charge on any atom is 0.0362 e. The summed E-state index contributed by atoms with van der Waals surface area (Å²) in [7, 11) is 0. The Morgan fingerprint density at radius 3 is 2.62 bits per heavy atom. The number of hydrogen-bond donors (Lipinski definition) is 3. The van der Waals surface area contributed by atoms with Crippen LogP contribution < -0.4 is 10.8 Å². The predicted molar refractivity (Wildman–Crippen MR) is 51.7 cm³/mol. The topological polar surface area (TPSA) is 44.3 Å². The highest BCUT2D eigenvalue weighted by atomic mass is 16.5. The van der Waals surface area contributed by atoms with Crippen LogP contribution >= 0.6 is 0 Å². The van der Waals surface area contributed by atoms with Crippen molar-refractivity contribution in [2.75, 3.05) is 6.54 Å². The van der Waals surface area contributed by atoms with Gasteiger partial charge in [-0.15, -0.1) is 0 Å². The van der Waals surface area contributed by atoms with Crippen LogP contribution in [0, 0.1) is 5.92 Å². The molecule has 0 spiro atoms. The largest absolute Gasteiger partial charge is 0.317 e. The maximum atomic E-state index is 9.04. The highest BCUT2D eigenvalue weighted by Crippen LogP contribution is 2.30. The molecule has 0 aromatic carbocycles. The zero-order valence-electron chi connectivity index (χ0n) is 8.13. The lowest BCUT2D eigenvalue weighted by atomic mass is 9.79. The van der Waals surface area contributed by atoms with Crippen molar-refractivity contribution >= 4 is 0 Å². The minimum Gasteiger partial charge on any atom is -0.317 e. The Morgan fingerprint density at radius 1 is 1.08 bits per heavy atom. The molecule has 3 nitrogen and oxygen atoms in total. The lowest BCUT2D eigenvalue weighted by molar-refractivity contribution is 0.0641. The Bertz CT molecular complexity index is 155. The SMILES string of the molecule is ONC1CCCCC1C1CCCN1. The van der Waals surface area contributed by atoms with Crippen molar-refractivity contribution in [1.29, 1.82) is 0 Å². The third-order valence-corrected chi connectivity index (χ3v) is 3.60. The molecule has 3 N–H and O–H groups in total. The molecule has 0 aromatic heterocycles. The first-order valence-corrected chi connectivity index (χ1v) is 5.55. The van der Waals surface area contributed by atoms with E-state index in [2.05, 4.69) is 10.8 Å². The highest BCUT2D eigenvalue weighted by molar-refractivity contribution is 4.90. The third-order valence-electron chi connectivity index (χ3n) is 3.60. The van der Waals surface area contributed by atoms with Gasteiger partial charge in [0.25, 0.3) is 0 Å². The molecule has 3 heteroatoms.